The lowest BCUT2D eigenvalue weighted by atomic mass is 10.1. The molecule has 0 radical (unpaired) electrons. The van der Waals surface area contributed by atoms with E-state index in [0.717, 1.165) is 24.6 Å². The third kappa shape index (κ3) is 5.09. The van der Waals surface area contributed by atoms with Crippen LogP contribution >= 0.6 is 0 Å². The predicted octanol–water partition coefficient (Wildman–Crippen LogP) is 4.02. The molecule has 1 aliphatic rings. The molecule has 5 heterocycles. The van der Waals surface area contributed by atoms with E-state index in [2.05, 4.69) is 25.4 Å². The number of nitrogen functional groups attached to an aromatic ring is 1. The number of fused-ring (bicyclic) bond motifs is 1. The van der Waals surface area contributed by atoms with Crippen molar-refractivity contribution in [3.63, 3.8) is 0 Å². The number of nitrogens with zero attached hydrogens (tertiary/aromatic N) is 7. The van der Waals surface area contributed by atoms with Crippen molar-refractivity contribution in [2.45, 2.75) is 38.8 Å². The zero-order valence-electron chi connectivity index (χ0n) is 23.0. The summed E-state index contributed by atoms with van der Waals surface area (Å²) in [6.07, 6.45) is 5.59. The Morgan fingerprint density at radius 3 is 2.52 bits per heavy atom. The summed E-state index contributed by atoms with van der Waals surface area (Å²) in [4.78, 5) is 39.2. The van der Waals surface area contributed by atoms with E-state index in [1.807, 2.05) is 18.5 Å². The van der Waals surface area contributed by atoms with E-state index >= 15 is 0 Å². The van der Waals surface area contributed by atoms with E-state index in [-0.39, 0.29) is 29.0 Å². The Bertz CT molecular complexity index is 1830. The molecule has 1 saturated heterocycles. The Labute approximate surface area is 239 Å². The number of carbonyl (C=O) groups excluding carboxylic acids is 1. The topological polar surface area (TPSA) is 156 Å². The minimum atomic E-state index is -0.682. The Morgan fingerprint density at radius 1 is 1.07 bits per heavy atom. The Balaban J connectivity index is 1.31. The van der Waals surface area contributed by atoms with Crippen LogP contribution in [0.3, 0.4) is 0 Å². The molecule has 0 spiro atoms. The number of benzene rings is 1. The maximum atomic E-state index is 13.4. The highest BCUT2D eigenvalue weighted by Crippen LogP contribution is 2.34. The van der Waals surface area contributed by atoms with Gasteiger partial charge < -0.3 is 15.8 Å². The molecule has 1 aliphatic heterocycles. The average Bonchev–Trinajstić information content (AvgIpc) is 3.39. The van der Waals surface area contributed by atoms with Crippen LogP contribution in [-0.2, 0) is 4.74 Å². The molecule has 1 fully saturated rings. The van der Waals surface area contributed by atoms with E-state index in [1.165, 1.54) is 29.3 Å². The third-order valence-corrected chi connectivity index (χ3v) is 7.16. The van der Waals surface area contributed by atoms with Gasteiger partial charge in [-0.1, -0.05) is 12.1 Å². The Kier molecular flexibility index (Phi) is 7.17. The van der Waals surface area contributed by atoms with Gasteiger partial charge in [-0.25, -0.2) is 19.0 Å². The number of rotatable bonds is 6. The number of nitrogens with two attached hydrogens (primary N) is 1. The summed E-state index contributed by atoms with van der Waals surface area (Å²) in [6, 6.07) is 9.60. The standard InChI is InChI=1S/C29H28FN9O3/c1-16(2)38-14-21(22-8-5-18(30)13-32-22)26(40)25(36-38)29(41)35-19-6-3-17(4-7-19)24-23-27(31)33-15-34-28(23)39(37-24)20-9-11-42-12-10-20/h3-8,13-16,20H,9-12H2,1-2H3,(H,35,41)(H2,31,33,34). The van der Waals surface area contributed by atoms with Crippen molar-refractivity contribution < 1.29 is 13.9 Å². The molecular weight excluding hydrogens is 541 g/mol. The maximum absolute atomic E-state index is 13.4. The molecule has 5 aromatic rings. The van der Waals surface area contributed by atoms with Gasteiger partial charge in [0.1, 0.15) is 23.7 Å². The van der Waals surface area contributed by atoms with Gasteiger partial charge in [-0.05, 0) is 51.0 Å². The van der Waals surface area contributed by atoms with Crippen LogP contribution < -0.4 is 16.5 Å². The van der Waals surface area contributed by atoms with Crippen molar-refractivity contribution in [1.82, 2.24) is 34.5 Å². The molecule has 1 aromatic carbocycles. The first kappa shape index (κ1) is 27.1. The first-order chi connectivity index (χ1) is 20.3. The van der Waals surface area contributed by atoms with Gasteiger partial charge in [0, 0.05) is 36.7 Å². The molecule has 1 amide bonds. The molecule has 4 aromatic heterocycles. The monoisotopic (exact) mass is 569 g/mol. The molecule has 0 atom stereocenters. The van der Waals surface area contributed by atoms with Crippen LogP contribution in [0.4, 0.5) is 15.9 Å². The van der Waals surface area contributed by atoms with Crippen molar-refractivity contribution in [1.29, 1.82) is 0 Å². The van der Waals surface area contributed by atoms with E-state index in [1.54, 1.807) is 24.3 Å². The van der Waals surface area contributed by atoms with E-state index in [9.17, 15) is 14.0 Å². The van der Waals surface area contributed by atoms with Gasteiger partial charge in [-0.2, -0.15) is 10.2 Å². The average molecular weight is 570 g/mol. The molecule has 0 saturated carbocycles. The summed E-state index contributed by atoms with van der Waals surface area (Å²) in [5.41, 5.74) is 8.23. The molecule has 0 bridgehead atoms. The normalized spacial score (nSPS) is 14.0. The number of amides is 1. The van der Waals surface area contributed by atoms with Gasteiger partial charge in [-0.15, -0.1) is 0 Å². The second kappa shape index (κ2) is 11.1. The van der Waals surface area contributed by atoms with Gasteiger partial charge in [0.2, 0.25) is 5.43 Å². The fourth-order valence-electron chi connectivity index (χ4n) is 4.92. The van der Waals surface area contributed by atoms with Crippen LogP contribution in [0.25, 0.3) is 33.5 Å². The first-order valence-electron chi connectivity index (χ1n) is 13.5. The number of hydrogen-bond acceptors (Lipinski definition) is 9. The highest BCUT2D eigenvalue weighted by atomic mass is 19.1. The van der Waals surface area contributed by atoms with Crippen LogP contribution in [0, 0.1) is 5.82 Å². The summed E-state index contributed by atoms with van der Waals surface area (Å²) in [5.74, 6) is -0.885. The summed E-state index contributed by atoms with van der Waals surface area (Å²) in [6.45, 7) is 5.03. The van der Waals surface area contributed by atoms with Crippen LogP contribution in [-0.4, -0.2) is 53.6 Å². The predicted molar refractivity (Wildman–Crippen MR) is 154 cm³/mol. The van der Waals surface area contributed by atoms with Gasteiger partial charge in [0.25, 0.3) is 5.91 Å². The van der Waals surface area contributed by atoms with Crippen molar-refractivity contribution in [2.75, 3.05) is 24.3 Å². The first-order valence-corrected chi connectivity index (χ1v) is 13.5. The van der Waals surface area contributed by atoms with Crippen LogP contribution in [0.1, 0.15) is 49.3 Å². The van der Waals surface area contributed by atoms with Gasteiger partial charge in [-0.3, -0.25) is 19.3 Å². The Hall–Kier alpha value is -5.04. The van der Waals surface area contributed by atoms with Crippen LogP contribution in [0.2, 0.25) is 0 Å². The second-order valence-corrected chi connectivity index (χ2v) is 10.3. The van der Waals surface area contributed by atoms with Crippen LogP contribution in [0.15, 0.2) is 59.9 Å². The van der Waals surface area contributed by atoms with Gasteiger partial charge >= 0.3 is 0 Å². The summed E-state index contributed by atoms with van der Waals surface area (Å²) < 4.78 is 22.3. The van der Waals surface area contributed by atoms with E-state index < -0.39 is 17.2 Å². The quantitative estimate of drug-likeness (QED) is 0.308. The Morgan fingerprint density at radius 2 is 1.83 bits per heavy atom. The molecular formula is C29H28FN9O3. The van der Waals surface area contributed by atoms with Crippen LogP contribution in [0.5, 0.6) is 0 Å². The highest BCUT2D eigenvalue weighted by molar-refractivity contribution is 6.03. The molecule has 214 valence electrons. The number of pyridine rings is 1. The molecule has 13 heteroatoms. The molecule has 6 rings (SSSR count). The van der Waals surface area contributed by atoms with Gasteiger partial charge in [0.05, 0.1) is 28.9 Å². The molecule has 0 unspecified atom stereocenters. The number of halogens is 1. The van der Waals surface area contributed by atoms with Crippen molar-refractivity contribution in [3.05, 3.63) is 76.9 Å². The number of aromatic nitrogens is 7. The number of nitrogens with one attached hydrogen (secondary N) is 1. The minimum Gasteiger partial charge on any atom is -0.383 e. The highest BCUT2D eigenvalue weighted by Gasteiger charge is 2.24. The van der Waals surface area contributed by atoms with Crippen molar-refractivity contribution in [3.8, 4) is 22.5 Å². The number of hydrogen-bond donors (Lipinski definition) is 2. The smallest absolute Gasteiger partial charge is 0.280 e. The van der Waals surface area contributed by atoms with Crippen molar-refractivity contribution >= 4 is 28.4 Å². The molecule has 12 nitrogen and oxygen atoms in total. The lowest BCUT2D eigenvalue weighted by Crippen LogP contribution is -2.28. The fraction of sp³-hybridized carbons (Fsp3) is 0.276. The molecule has 3 N–H and O–H groups in total. The lowest BCUT2D eigenvalue weighted by Gasteiger charge is -2.22. The summed E-state index contributed by atoms with van der Waals surface area (Å²) >= 11 is 0. The van der Waals surface area contributed by atoms with Crippen molar-refractivity contribution in [2.24, 2.45) is 0 Å². The second-order valence-electron chi connectivity index (χ2n) is 10.3. The minimum absolute atomic E-state index is 0.131. The number of carbonyl (C=O) groups is 1. The SMILES string of the molecule is CC(C)n1cc(-c2ccc(F)cn2)c(=O)c(C(=O)Nc2ccc(-c3nn(C4CCOCC4)c4ncnc(N)c34)cc2)n1. The van der Waals surface area contributed by atoms with E-state index in [0.29, 0.717) is 41.4 Å². The van der Waals surface area contributed by atoms with E-state index in [4.69, 9.17) is 15.6 Å². The summed E-state index contributed by atoms with van der Waals surface area (Å²) in [5, 5.41) is 12.6. The zero-order chi connectivity index (χ0) is 29.4. The summed E-state index contributed by atoms with van der Waals surface area (Å²) in [7, 11) is 0. The van der Waals surface area contributed by atoms with Gasteiger partial charge in [0.15, 0.2) is 11.3 Å². The largest absolute Gasteiger partial charge is 0.383 e. The number of ether oxygens (including phenoxy) is 1. The maximum Gasteiger partial charge on any atom is 0.280 e. The lowest BCUT2D eigenvalue weighted by molar-refractivity contribution is 0.0674. The molecule has 0 aliphatic carbocycles. The number of anilines is 2. The molecule has 42 heavy (non-hydrogen) atoms. The third-order valence-electron chi connectivity index (χ3n) is 7.16. The zero-order valence-corrected chi connectivity index (χ0v) is 23.0. The fourth-order valence-corrected chi connectivity index (χ4v) is 4.92.